The fourth-order valence-electron chi connectivity index (χ4n) is 2.74. The average molecular weight is 450 g/mol. The third-order valence-corrected chi connectivity index (χ3v) is 6.47. The molecule has 1 aromatic carbocycles. The van der Waals surface area contributed by atoms with E-state index in [-0.39, 0.29) is 17.9 Å². The van der Waals surface area contributed by atoms with Crippen LogP contribution in [0.15, 0.2) is 30.5 Å². The summed E-state index contributed by atoms with van der Waals surface area (Å²) in [6.07, 6.45) is -2.57. The molecular weight excluding hydrogens is 431 g/mol. The number of hydrogen-bond donors (Lipinski definition) is 1. The number of imidazole rings is 1. The number of ether oxygens (including phenoxy) is 1. The summed E-state index contributed by atoms with van der Waals surface area (Å²) in [7, 11) is 5.07. The highest BCUT2D eigenvalue weighted by atomic mass is 35.5. The average Bonchev–Trinajstić information content (AvgIpc) is 3.05. The number of aromatic nitrogens is 3. The van der Waals surface area contributed by atoms with E-state index in [1.54, 1.807) is 28.7 Å². The topological polar surface area (TPSA) is 41.8 Å². The first-order valence-electron chi connectivity index (χ1n) is 8.25. The van der Waals surface area contributed by atoms with Crippen LogP contribution in [0.25, 0.3) is 17.0 Å². The quantitative estimate of drug-likeness (QED) is 0.355. The summed E-state index contributed by atoms with van der Waals surface area (Å²) in [5, 5.41) is 0. The molecule has 2 heterocycles. The first kappa shape index (κ1) is 22.7. The number of benzene rings is 1. The fraction of sp³-hybridized carbons (Fsp3) is 0.333. The molecule has 0 unspecified atom stereocenters. The molecule has 0 bridgehead atoms. The normalized spacial score (nSPS) is 11.5. The monoisotopic (exact) mass is 449 g/mol. The molecule has 0 radical (unpaired) electrons. The molecule has 10 heteroatoms. The Bertz CT molecular complexity index is 963. The van der Waals surface area contributed by atoms with Crippen molar-refractivity contribution >= 4 is 32.6 Å². The lowest BCUT2D eigenvalue weighted by molar-refractivity contribution is -0.610. The Morgan fingerprint density at radius 1 is 1.21 bits per heavy atom. The minimum Gasteiger partial charge on any atom is -1.00 e. The van der Waals surface area contributed by atoms with Crippen molar-refractivity contribution in [3.05, 3.63) is 47.3 Å². The minimum atomic E-state index is -4.39. The van der Waals surface area contributed by atoms with Crippen LogP contribution in [-0.4, -0.2) is 22.8 Å². The van der Waals surface area contributed by atoms with Crippen LogP contribution < -0.4 is 21.7 Å². The lowest BCUT2D eigenvalue weighted by Crippen LogP contribution is -3.00. The SMILES string of the molecule is CCSSCc1c(C)c(OC)cc[n+]1-c1nc2cc(C(F)(F)F)ccc2[nH]1.[Cl-]. The van der Waals surface area contributed by atoms with E-state index in [4.69, 9.17) is 4.74 Å². The molecule has 0 atom stereocenters. The smallest absolute Gasteiger partial charge is 0.416 e. The van der Waals surface area contributed by atoms with E-state index >= 15 is 0 Å². The molecule has 2 aromatic heterocycles. The van der Waals surface area contributed by atoms with Gasteiger partial charge in [-0.1, -0.05) is 33.5 Å². The van der Waals surface area contributed by atoms with Crippen LogP contribution in [0.2, 0.25) is 0 Å². The summed E-state index contributed by atoms with van der Waals surface area (Å²) in [6.45, 7) is 4.05. The fourth-order valence-corrected chi connectivity index (χ4v) is 4.54. The zero-order valence-corrected chi connectivity index (χ0v) is 17.8. The molecule has 0 fully saturated rings. The van der Waals surface area contributed by atoms with E-state index in [0.29, 0.717) is 17.2 Å². The lowest BCUT2D eigenvalue weighted by atomic mass is 10.2. The summed E-state index contributed by atoms with van der Waals surface area (Å²) < 4.78 is 46.1. The Kier molecular flexibility index (Phi) is 7.52. The number of rotatable bonds is 6. The predicted octanol–water partition coefficient (Wildman–Crippen LogP) is 2.08. The molecule has 0 aliphatic carbocycles. The third kappa shape index (κ3) is 4.69. The van der Waals surface area contributed by atoms with E-state index in [9.17, 15) is 13.2 Å². The predicted molar refractivity (Wildman–Crippen MR) is 103 cm³/mol. The number of nitrogens with zero attached hydrogens (tertiary/aromatic N) is 2. The van der Waals surface area contributed by atoms with Crippen LogP contribution in [0.1, 0.15) is 23.7 Å². The highest BCUT2D eigenvalue weighted by molar-refractivity contribution is 8.76. The van der Waals surface area contributed by atoms with Crippen molar-refractivity contribution in [1.29, 1.82) is 0 Å². The van der Waals surface area contributed by atoms with E-state index < -0.39 is 11.7 Å². The van der Waals surface area contributed by atoms with E-state index in [2.05, 4.69) is 16.9 Å². The first-order chi connectivity index (χ1) is 12.8. The summed E-state index contributed by atoms with van der Waals surface area (Å²) in [5.74, 6) is 2.94. The highest BCUT2D eigenvalue weighted by Crippen LogP contribution is 2.31. The van der Waals surface area contributed by atoms with Crippen LogP contribution in [0, 0.1) is 6.92 Å². The molecular formula is C18H19ClF3N3OS2. The number of alkyl halides is 3. The van der Waals surface area contributed by atoms with E-state index in [0.717, 1.165) is 34.9 Å². The van der Waals surface area contributed by atoms with Crippen LogP contribution in [-0.2, 0) is 11.9 Å². The van der Waals surface area contributed by atoms with E-state index in [1.807, 2.05) is 23.8 Å². The molecule has 0 saturated carbocycles. The van der Waals surface area contributed by atoms with Gasteiger partial charge in [-0.25, -0.2) is 9.55 Å². The molecule has 3 rings (SSSR count). The van der Waals surface area contributed by atoms with Gasteiger partial charge in [-0.2, -0.15) is 13.2 Å². The van der Waals surface area contributed by atoms with Gasteiger partial charge in [0.2, 0.25) is 0 Å². The van der Waals surface area contributed by atoms with Gasteiger partial charge >= 0.3 is 12.1 Å². The second-order valence-electron chi connectivity index (χ2n) is 5.78. The molecule has 152 valence electrons. The maximum atomic E-state index is 13.0. The maximum Gasteiger partial charge on any atom is 0.416 e. The van der Waals surface area contributed by atoms with Gasteiger partial charge in [-0.3, -0.25) is 0 Å². The molecule has 0 aliphatic heterocycles. The van der Waals surface area contributed by atoms with Gasteiger partial charge in [-0.15, -0.1) is 0 Å². The molecule has 4 nitrogen and oxygen atoms in total. The second-order valence-corrected chi connectivity index (χ2v) is 8.54. The number of H-pyrrole nitrogens is 1. The van der Waals surface area contributed by atoms with Crippen molar-refractivity contribution in [2.75, 3.05) is 12.9 Å². The number of nitrogens with one attached hydrogen (secondary N) is 1. The highest BCUT2D eigenvalue weighted by Gasteiger charge is 2.32. The minimum absolute atomic E-state index is 0. The number of aromatic amines is 1. The Hall–Kier alpha value is -1.58. The zero-order chi connectivity index (χ0) is 19.6. The second kappa shape index (κ2) is 9.28. The van der Waals surface area contributed by atoms with Gasteiger partial charge in [0.1, 0.15) is 17.0 Å². The van der Waals surface area contributed by atoms with Crippen LogP contribution in [0.5, 0.6) is 5.75 Å². The summed E-state index contributed by atoms with van der Waals surface area (Å²) in [6, 6.07) is 5.36. The number of methoxy groups -OCH3 is 1. The standard InChI is InChI=1S/C18H19F3N3OS2.ClH/c1-4-26-27-10-15-11(2)16(25-3)7-8-24(15)17-22-13-6-5-12(18(19,20)21)9-14(13)23-17;/h5-9H,4,10H2,1-3H3,(H,22,23);1H/q+1;/p-1. The molecule has 3 aromatic rings. The van der Waals surface area contributed by atoms with Gasteiger partial charge < -0.3 is 17.1 Å². The van der Waals surface area contributed by atoms with Gasteiger partial charge in [0.25, 0.3) is 0 Å². The molecule has 0 aliphatic rings. The zero-order valence-electron chi connectivity index (χ0n) is 15.4. The van der Waals surface area contributed by atoms with Gasteiger partial charge in [0, 0.05) is 17.4 Å². The summed E-state index contributed by atoms with van der Waals surface area (Å²) >= 11 is 0. The Morgan fingerprint density at radius 2 is 1.96 bits per heavy atom. The van der Waals surface area contributed by atoms with Gasteiger partial charge in [0.05, 0.1) is 24.6 Å². The lowest BCUT2D eigenvalue weighted by Gasteiger charge is -2.12. The molecule has 0 amide bonds. The Labute approximate surface area is 175 Å². The number of halogens is 4. The molecule has 28 heavy (non-hydrogen) atoms. The number of pyridine rings is 1. The first-order valence-corrected chi connectivity index (χ1v) is 10.7. The van der Waals surface area contributed by atoms with Crippen molar-refractivity contribution in [3.8, 4) is 11.7 Å². The summed E-state index contributed by atoms with van der Waals surface area (Å²) in [5.41, 5.74) is 2.08. The number of hydrogen-bond acceptors (Lipinski definition) is 4. The van der Waals surface area contributed by atoms with Crippen LogP contribution in [0.3, 0.4) is 0 Å². The molecule has 0 saturated heterocycles. The Balaban J connectivity index is 0.00000280. The molecule has 1 N–H and O–H groups in total. The largest absolute Gasteiger partial charge is 1.00 e. The third-order valence-electron chi connectivity index (χ3n) is 4.11. The Morgan fingerprint density at radius 3 is 2.61 bits per heavy atom. The van der Waals surface area contributed by atoms with Crippen molar-refractivity contribution < 1.29 is 34.9 Å². The van der Waals surface area contributed by atoms with Gasteiger partial charge in [0.15, 0.2) is 5.52 Å². The van der Waals surface area contributed by atoms with Crippen LogP contribution >= 0.6 is 21.6 Å². The van der Waals surface area contributed by atoms with Crippen molar-refractivity contribution in [1.82, 2.24) is 9.97 Å². The molecule has 0 spiro atoms. The number of fused-ring (bicyclic) bond motifs is 1. The van der Waals surface area contributed by atoms with E-state index in [1.165, 1.54) is 6.07 Å². The van der Waals surface area contributed by atoms with Crippen molar-refractivity contribution in [2.45, 2.75) is 25.8 Å². The van der Waals surface area contributed by atoms with Crippen molar-refractivity contribution in [3.63, 3.8) is 0 Å². The summed E-state index contributed by atoms with van der Waals surface area (Å²) in [4.78, 5) is 7.51. The van der Waals surface area contributed by atoms with Crippen LogP contribution in [0.4, 0.5) is 13.2 Å². The van der Waals surface area contributed by atoms with Crippen molar-refractivity contribution in [2.24, 2.45) is 0 Å². The van der Waals surface area contributed by atoms with Gasteiger partial charge in [-0.05, 0) is 25.1 Å². The maximum absolute atomic E-state index is 13.0.